The van der Waals surface area contributed by atoms with Crippen molar-refractivity contribution in [3.8, 4) is 22.9 Å². The van der Waals surface area contributed by atoms with Crippen LogP contribution in [-0.2, 0) is 11.5 Å². The number of nitrogens with zero attached hydrogens (tertiary/aromatic N) is 4. The van der Waals surface area contributed by atoms with Gasteiger partial charge in [0.25, 0.3) is 0 Å². The molecule has 9 heteroatoms. The molecule has 0 atom stereocenters. The van der Waals surface area contributed by atoms with Gasteiger partial charge in [-0.25, -0.2) is 14.9 Å². The molecule has 1 saturated carbocycles. The van der Waals surface area contributed by atoms with Gasteiger partial charge in [-0.2, -0.15) is 5.10 Å². The van der Waals surface area contributed by atoms with Gasteiger partial charge in [-0.3, -0.25) is 9.13 Å². The average molecular weight is 476 g/mol. The van der Waals surface area contributed by atoms with Crippen LogP contribution in [0.2, 0.25) is 25.7 Å². The summed E-state index contributed by atoms with van der Waals surface area (Å²) < 4.78 is 10.5. The number of benzene rings is 1. The molecule has 1 N–H and O–H groups in total. The fraction of sp³-hybridized carbons (Fsp3) is 0.450. The van der Waals surface area contributed by atoms with Gasteiger partial charge in [0.15, 0.2) is 5.82 Å². The average Bonchev–Trinajstić information content (AvgIpc) is 3.36. The van der Waals surface area contributed by atoms with Crippen molar-refractivity contribution in [3.63, 3.8) is 0 Å². The maximum atomic E-state index is 12.3. The monoisotopic (exact) mass is 475 g/mol. The van der Waals surface area contributed by atoms with Crippen molar-refractivity contribution in [2.45, 2.75) is 51.3 Å². The highest BCUT2D eigenvalue weighted by molar-refractivity contribution is 9.10. The number of H-pyrrole nitrogens is 1. The van der Waals surface area contributed by atoms with Gasteiger partial charge in [0, 0.05) is 26.3 Å². The molecular formula is C20H26BrN5O2Si. The Bertz CT molecular complexity index is 1050. The Morgan fingerprint density at radius 3 is 2.59 bits per heavy atom. The number of aromatic nitrogens is 5. The molecule has 0 unspecified atom stereocenters. The number of hydrogen-bond donors (Lipinski definition) is 1. The predicted octanol–water partition coefficient (Wildman–Crippen LogP) is 4.51. The lowest BCUT2D eigenvalue weighted by Gasteiger charge is -2.17. The number of hydrogen-bond acceptors (Lipinski definition) is 4. The van der Waals surface area contributed by atoms with Crippen LogP contribution in [0.15, 0.2) is 39.7 Å². The van der Waals surface area contributed by atoms with Crippen LogP contribution in [0.3, 0.4) is 0 Å². The first-order valence-electron chi connectivity index (χ1n) is 9.91. The lowest BCUT2D eigenvalue weighted by molar-refractivity contribution is 0.0891. The molecule has 7 nitrogen and oxygen atoms in total. The number of imidazole rings is 1. The second-order valence-corrected chi connectivity index (χ2v) is 15.0. The fourth-order valence-corrected chi connectivity index (χ4v) is 4.56. The molecule has 1 fully saturated rings. The molecular weight excluding hydrogens is 450 g/mol. The van der Waals surface area contributed by atoms with E-state index in [1.54, 1.807) is 4.57 Å². The highest BCUT2D eigenvalue weighted by atomic mass is 79.9. The summed E-state index contributed by atoms with van der Waals surface area (Å²) >= 11 is 3.61. The van der Waals surface area contributed by atoms with Gasteiger partial charge in [-0.15, -0.1) is 0 Å². The minimum atomic E-state index is -1.18. The molecule has 4 rings (SSSR count). The molecule has 29 heavy (non-hydrogen) atoms. The van der Waals surface area contributed by atoms with Crippen LogP contribution in [0.1, 0.15) is 18.9 Å². The van der Waals surface area contributed by atoms with Gasteiger partial charge in [0.2, 0.25) is 0 Å². The van der Waals surface area contributed by atoms with E-state index >= 15 is 0 Å². The van der Waals surface area contributed by atoms with E-state index in [1.165, 1.54) is 0 Å². The van der Waals surface area contributed by atoms with Crippen LogP contribution >= 0.6 is 15.9 Å². The molecule has 0 amide bonds. The van der Waals surface area contributed by atoms with Crippen molar-refractivity contribution in [3.05, 3.63) is 45.4 Å². The molecule has 2 aromatic heterocycles. The second kappa shape index (κ2) is 8.04. The first-order chi connectivity index (χ1) is 13.8. The van der Waals surface area contributed by atoms with Crippen LogP contribution < -0.4 is 5.69 Å². The minimum Gasteiger partial charge on any atom is -0.361 e. The normalized spacial score (nSPS) is 14.5. The standard InChI is InChI=1S/C20H26BrN5O2Si/c1-29(2,3)12-11-28-13-25-16(19-23-24-20(27)26(19)15-9-10-15)17(21)22-18(25)14-7-5-4-6-8-14/h4-8,15H,9-13H2,1-3H3,(H,24,27). The first kappa shape index (κ1) is 20.3. The summed E-state index contributed by atoms with van der Waals surface area (Å²) in [5.41, 5.74) is 1.58. The third kappa shape index (κ3) is 4.46. The lowest BCUT2D eigenvalue weighted by Crippen LogP contribution is -2.22. The Balaban J connectivity index is 1.74. The van der Waals surface area contributed by atoms with E-state index < -0.39 is 8.07 Å². The van der Waals surface area contributed by atoms with Crippen molar-refractivity contribution in [1.82, 2.24) is 24.3 Å². The Hall–Kier alpha value is -1.97. The SMILES string of the molecule is C[Si](C)(C)CCOCn1c(-c2ccccc2)nc(Br)c1-c1n[nH]c(=O)n1C1CC1. The minimum absolute atomic E-state index is 0.178. The van der Waals surface area contributed by atoms with Gasteiger partial charge in [0.1, 0.15) is 22.9 Å². The zero-order valence-corrected chi connectivity index (χ0v) is 19.6. The third-order valence-electron chi connectivity index (χ3n) is 5.00. The Kier molecular flexibility index (Phi) is 5.63. The summed E-state index contributed by atoms with van der Waals surface area (Å²) in [7, 11) is -1.18. The Morgan fingerprint density at radius 2 is 1.93 bits per heavy atom. The number of aromatic amines is 1. The van der Waals surface area contributed by atoms with E-state index in [0.29, 0.717) is 23.8 Å². The lowest BCUT2D eigenvalue weighted by atomic mass is 10.2. The highest BCUT2D eigenvalue weighted by Gasteiger charge is 2.32. The molecule has 0 spiro atoms. The summed E-state index contributed by atoms with van der Waals surface area (Å²) in [6, 6.07) is 11.3. The van der Waals surface area contributed by atoms with Crippen molar-refractivity contribution in [2.75, 3.05) is 6.61 Å². The second-order valence-electron chi connectivity index (χ2n) is 8.67. The van der Waals surface area contributed by atoms with Crippen LogP contribution in [0, 0.1) is 0 Å². The number of nitrogens with one attached hydrogen (secondary N) is 1. The van der Waals surface area contributed by atoms with Gasteiger partial charge in [-0.05, 0) is 34.8 Å². The summed E-state index contributed by atoms with van der Waals surface area (Å²) in [5.74, 6) is 1.39. The van der Waals surface area contributed by atoms with Gasteiger partial charge >= 0.3 is 5.69 Å². The number of rotatable bonds is 8. The molecule has 0 aliphatic heterocycles. The van der Waals surface area contributed by atoms with Crippen molar-refractivity contribution < 1.29 is 4.74 Å². The predicted molar refractivity (Wildman–Crippen MR) is 120 cm³/mol. The first-order valence-corrected chi connectivity index (χ1v) is 14.4. The highest BCUT2D eigenvalue weighted by Crippen LogP contribution is 2.39. The molecule has 0 bridgehead atoms. The van der Waals surface area contributed by atoms with E-state index in [9.17, 15) is 4.79 Å². The van der Waals surface area contributed by atoms with Gasteiger partial charge in [0.05, 0.1) is 0 Å². The van der Waals surface area contributed by atoms with Crippen molar-refractivity contribution in [2.24, 2.45) is 0 Å². The van der Waals surface area contributed by atoms with Crippen molar-refractivity contribution >= 4 is 24.0 Å². The molecule has 154 valence electrons. The molecule has 0 saturated heterocycles. The molecule has 1 aliphatic rings. The van der Waals surface area contributed by atoms with Crippen LogP contribution in [0.4, 0.5) is 0 Å². The van der Waals surface area contributed by atoms with Gasteiger partial charge < -0.3 is 4.74 Å². The number of halogens is 1. The Labute approximate surface area is 179 Å². The van der Waals surface area contributed by atoms with Crippen molar-refractivity contribution in [1.29, 1.82) is 0 Å². The molecule has 3 aromatic rings. The van der Waals surface area contributed by atoms with Crippen LogP contribution in [-0.4, -0.2) is 39.0 Å². The zero-order valence-electron chi connectivity index (χ0n) is 17.0. The van der Waals surface area contributed by atoms with Crippen LogP contribution in [0.5, 0.6) is 0 Å². The molecule has 1 aliphatic carbocycles. The van der Waals surface area contributed by atoms with E-state index in [1.807, 2.05) is 34.9 Å². The third-order valence-corrected chi connectivity index (χ3v) is 7.26. The Morgan fingerprint density at radius 1 is 1.21 bits per heavy atom. The van der Waals surface area contributed by atoms with E-state index in [4.69, 9.17) is 9.72 Å². The zero-order chi connectivity index (χ0) is 20.6. The fourth-order valence-electron chi connectivity index (χ4n) is 3.25. The molecule has 1 aromatic carbocycles. The maximum absolute atomic E-state index is 12.3. The molecule has 0 radical (unpaired) electrons. The summed E-state index contributed by atoms with van der Waals surface area (Å²) in [5, 5.41) is 6.94. The van der Waals surface area contributed by atoms with E-state index in [2.05, 4.69) is 45.8 Å². The number of ether oxygens (including phenoxy) is 1. The van der Waals surface area contributed by atoms with E-state index in [-0.39, 0.29) is 11.7 Å². The maximum Gasteiger partial charge on any atom is 0.343 e. The molecule has 2 heterocycles. The van der Waals surface area contributed by atoms with Crippen LogP contribution in [0.25, 0.3) is 22.9 Å². The van der Waals surface area contributed by atoms with E-state index in [0.717, 1.165) is 36.0 Å². The summed E-state index contributed by atoms with van der Waals surface area (Å²) in [6.07, 6.45) is 1.99. The summed E-state index contributed by atoms with van der Waals surface area (Å²) in [6.45, 7) is 8.07. The quantitative estimate of drug-likeness (QED) is 0.383. The summed E-state index contributed by atoms with van der Waals surface area (Å²) in [4.78, 5) is 17.1. The topological polar surface area (TPSA) is 77.7 Å². The smallest absolute Gasteiger partial charge is 0.343 e. The van der Waals surface area contributed by atoms with Gasteiger partial charge in [-0.1, -0.05) is 50.0 Å². The largest absolute Gasteiger partial charge is 0.361 e.